The van der Waals surface area contributed by atoms with Gasteiger partial charge in [-0.3, -0.25) is 0 Å². The standard InChI is InChI=1S/C7H12N2O/c1-7(2)5-9(6-8)3-4-10-7/h3-5H2,1-2H3. The first-order valence-corrected chi connectivity index (χ1v) is 3.43. The molecule has 1 fully saturated rings. The third-order valence-electron chi connectivity index (χ3n) is 1.57. The maximum atomic E-state index is 8.54. The monoisotopic (exact) mass is 140 g/mol. The fourth-order valence-electron chi connectivity index (χ4n) is 1.10. The first-order chi connectivity index (χ1) is 4.64. The summed E-state index contributed by atoms with van der Waals surface area (Å²) in [6, 6.07) is 0. The highest BCUT2D eigenvalue weighted by molar-refractivity contribution is 4.85. The van der Waals surface area contributed by atoms with Crippen LogP contribution in [0.3, 0.4) is 0 Å². The Balaban J connectivity index is 2.49. The SMILES string of the molecule is CC1(C)CN(C#N)CCO1. The molecule has 3 nitrogen and oxygen atoms in total. The highest BCUT2D eigenvalue weighted by atomic mass is 16.5. The fraction of sp³-hybridized carbons (Fsp3) is 0.857. The van der Waals surface area contributed by atoms with E-state index < -0.39 is 0 Å². The summed E-state index contributed by atoms with van der Waals surface area (Å²) in [5.41, 5.74) is -0.145. The van der Waals surface area contributed by atoms with Crippen molar-refractivity contribution in [3.05, 3.63) is 0 Å². The van der Waals surface area contributed by atoms with E-state index in [1.807, 2.05) is 13.8 Å². The van der Waals surface area contributed by atoms with E-state index in [1.54, 1.807) is 4.90 Å². The molecule has 3 heteroatoms. The van der Waals surface area contributed by atoms with Gasteiger partial charge in [0.1, 0.15) is 0 Å². The summed E-state index contributed by atoms with van der Waals surface area (Å²) >= 11 is 0. The smallest absolute Gasteiger partial charge is 0.179 e. The number of hydrogen-bond acceptors (Lipinski definition) is 3. The van der Waals surface area contributed by atoms with E-state index in [2.05, 4.69) is 6.19 Å². The van der Waals surface area contributed by atoms with Gasteiger partial charge in [0, 0.05) is 0 Å². The topological polar surface area (TPSA) is 36.3 Å². The molecule has 0 saturated carbocycles. The van der Waals surface area contributed by atoms with Crippen LogP contribution in [-0.4, -0.2) is 30.2 Å². The summed E-state index contributed by atoms with van der Waals surface area (Å²) in [5, 5.41) is 8.54. The molecule has 0 amide bonds. The lowest BCUT2D eigenvalue weighted by molar-refractivity contribution is -0.0711. The molecule has 56 valence electrons. The van der Waals surface area contributed by atoms with Crippen molar-refractivity contribution in [1.82, 2.24) is 4.90 Å². The lowest BCUT2D eigenvalue weighted by atomic mass is 10.1. The number of nitrogens with zero attached hydrogens (tertiary/aromatic N) is 2. The third-order valence-corrected chi connectivity index (χ3v) is 1.57. The van der Waals surface area contributed by atoms with Gasteiger partial charge >= 0.3 is 0 Å². The molecule has 1 saturated heterocycles. The Morgan fingerprint density at radius 3 is 2.70 bits per heavy atom. The first kappa shape index (κ1) is 7.36. The minimum atomic E-state index is -0.145. The molecule has 1 rings (SSSR count). The van der Waals surface area contributed by atoms with Crippen LogP contribution in [0.1, 0.15) is 13.8 Å². The Morgan fingerprint density at radius 2 is 2.30 bits per heavy atom. The number of nitriles is 1. The molecule has 0 radical (unpaired) electrons. The lowest BCUT2D eigenvalue weighted by Gasteiger charge is -2.34. The molecule has 0 aromatic rings. The Labute approximate surface area is 61.2 Å². The molecule has 1 aliphatic heterocycles. The molecule has 0 atom stereocenters. The summed E-state index contributed by atoms with van der Waals surface area (Å²) in [5.74, 6) is 0. The quantitative estimate of drug-likeness (QED) is 0.462. The molecule has 0 spiro atoms. The second-order valence-electron chi connectivity index (χ2n) is 3.13. The summed E-state index contributed by atoms with van der Waals surface area (Å²) in [4.78, 5) is 1.73. The minimum absolute atomic E-state index is 0.145. The van der Waals surface area contributed by atoms with Crippen molar-refractivity contribution in [1.29, 1.82) is 5.26 Å². The van der Waals surface area contributed by atoms with Gasteiger partial charge in [-0.1, -0.05) is 0 Å². The zero-order valence-corrected chi connectivity index (χ0v) is 6.42. The van der Waals surface area contributed by atoms with Crippen molar-refractivity contribution >= 4 is 0 Å². The molecule has 0 aliphatic carbocycles. The van der Waals surface area contributed by atoms with Crippen molar-refractivity contribution in [3.8, 4) is 6.19 Å². The predicted molar refractivity (Wildman–Crippen MR) is 37.2 cm³/mol. The molecular weight excluding hydrogens is 128 g/mol. The van der Waals surface area contributed by atoms with Gasteiger partial charge in [-0.2, -0.15) is 5.26 Å². The second-order valence-corrected chi connectivity index (χ2v) is 3.13. The molecule has 0 aromatic carbocycles. The average molecular weight is 140 g/mol. The lowest BCUT2D eigenvalue weighted by Crippen LogP contribution is -2.45. The van der Waals surface area contributed by atoms with Crippen LogP contribution in [0.5, 0.6) is 0 Å². The van der Waals surface area contributed by atoms with Gasteiger partial charge in [0.15, 0.2) is 6.19 Å². The Hall–Kier alpha value is -0.750. The zero-order valence-electron chi connectivity index (χ0n) is 6.42. The van der Waals surface area contributed by atoms with E-state index in [9.17, 15) is 0 Å². The number of hydrogen-bond donors (Lipinski definition) is 0. The van der Waals surface area contributed by atoms with E-state index in [0.29, 0.717) is 13.2 Å². The highest BCUT2D eigenvalue weighted by Gasteiger charge is 2.26. The molecule has 10 heavy (non-hydrogen) atoms. The molecule has 0 N–H and O–H groups in total. The Bertz CT molecular complexity index is 159. The van der Waals surface area contributed by atoms with Crippen molar-refractivity contribution in [2.75, 3.05) is 19.7 Å². The summed E-state index contributed by atoms with van der Waals surface area (Å²) in [7, 11) is 0. The normalized spacial score (nSPS) is 23.9. The molecular formula is C7H12N2O. The molecule has 1 aliphatic rings. The molecule has 0 bridgehead atoms. The molecule has 0 aromatic heterocycles. The third kappa shape index (κ3) is 1.61. The van der Waals surface area contributed by atoms with Gasteiger partial charge in [-0.15, -0.1) is 0 Å². The first-order valence-electron chi connectivity index (χ1n) is 3.43. The van der Waals surface area contributed by atoms with Crippen LogP contribution in [-0.2, 0) is 4.74 Å². The Morgan fingerprint density at radius 1 is 1.60 bits per heavy atom. The van der Waals surface area contributed by atoms with Crippen LogP contribution >= 0.6 is 0 Å². The molecule has 0 unspecified atom stereocenters. The highest BCUT2D eigenvalue weighted by Crippen LogP contribution is 2.14. The van der Waals surface area contributed by atoms with Gasteiger partial charge < -0.3 is 9.64 Å². The summed E-state index contributed by atoms with van der Waals surface area (Å²) in [6.45, 7) is 6.11. The summed E-state index contributed by atoms with van der Waals surface area (Å²) in [6.07, 6.45) is 2.11. The van der Waals surface area contributed by atoms with Gasteiger partial charge in [-0.25, -0.2) is 0 Å². The Kier molecular flexibility index (Phi) is 1.82. The average Bonchev–Trinajstić information content (AvgIpc) is 1.86. The van der Waals surface area contributed by atoms with E-state index in [1.165, 1.54) is 0 Å². The van der Waals surface area contributed by atoms with Gasteiger partial charge in [-0.05, 0) is 13.8 Å². The zero-order chi connectivity index (χ0) is 7.61. The van der Waals surface area contributed by atoms with Crippen LogP contribution in [0.2, 0.25) is 0 Å². The van der Waals surface area contributed by atoms with E-state index >= 15 is 0 Å². The van der Waals surface area contributed by atoms with Gasteiger partial charge in [0.2, 0.25) is 0 Å². The van der Waals surface area contributed by atoms with Crippen molar-refractivity contribution in [2.24, 2.45) is 0 Å². The fourth-order valence-corrected chi connectivity index (χ4v) is 1.10. The van der Waals surface area contributed by atoms with Crippen LogP contribution in [0, 0.1) is 11.5 Å². The van der Waals surface area contributed by atoms with Crippen molar-refractivity contribution in [2.45, 2.75) is 19.4 Å². The van der Waals surface area contributed by atoms with Crippen LogP contribution in [0.4, 0.5) is 0 Å². The number of rotatable bonds is 0. The van der Waals surface area contributed by atoms with Crippen molar-refractivity contribution < 1.29 is 4.74 Å². The number of ether oxygens (including phenoxy) is 1. The van der Waals surface area contributed by atoms with Gasteiger partial charge in [0.05, 0.1) is 25.3 Å². The van der Waals surface area contributed by atoms with Crippen LogP contribution in [0.15, 0.2) is 0 Å². The maximum Gasteiger partial charge on any atom is 0.179 e. The van der Waals surface area contributed by atoms with Crippen LogP contribution in [0.25, 0.3) is 0 Å². The van der Waals surface area contributed by atoms with E-state index in [0.717, 1.165) is 6.54 Å². The predicted octanol–water partition coefficient (Wildman–Crippen LogP) is 0.578. The largest absolute Gasteiger partial charge is 0.372 e. The molecule has 1 heterocycles. The van der Waals surface area contributed by atoms with Gasteiger partial charge in [0.25, 0.3) is 0 Å². The summed E-state index contributed by atoms with van der Waals surface area (Å²) < 4.78 is 5.40. The van der Waals surface area contributed by atoms with Crippen molar-refractivity contribution in [3.63, 3.8) is 0 Å². The minimum Gasteiger partial charge on any atom is -0.372 e. The number of morpholine rings is 1. The second kappa shape index (κ2) is 2.47. The van der Waals surface area contributed by atoms with E-state index in [4.69, 9.17) is 10.00 Å². The van der Waals surface area contributed by atoms with Crippen LogP contribution < -0.4 is 0 Å². The van der Waals surface area contributed by atoms with E-state index in [-0.39, 0.29) is 5.60 Å². The maximum absolute atomic E-state index is 8.54.